The van der Waals surface area contributed by atoms with Crippen molar-refractivity contribution in [3.63, 3.8) is 0 Å². The van der Waals surface area contributed by atoms with Crippen molar-refractivity contribution in [1.82, 2.24) is 19.5 Å². The van der Waals surface area contributed by atoms with Crippen molar-refractivity contribution in [2.45, 2.75) is 57.4 Å². The predicted octanol–water partition coefficient (Wildman–Crippen LogP) is 6.59. The van der Waals surface area contributed by atoms with Crippen LogP contribution in [-0.2, 0) is 15.8 Å². The van der Waals surface area contributed by atoms with Gasteiger partial charge in [0.25, 0.3) is 8.32 Å². The first-order chi connectivity index (χ1) is 20.8. The van der Waals surface area contributed by atoms with E-state index in [9.17, 15) is 0 Å². The second-order valence-corrected chi connectivity index (χ2v) is 17.7. The first-order valence-electron chi connectivity index (χ1n) is 15.1. The summed E-state index contributed by atoms with van der Waals surface area (Å²) in [4.78, 5) is 13.4. The molecule has 2 saturated carbocycles. The minimum atomic E-state index is -2.78. The Kier molecular flexibility index (Phi) is 7.25. The number of ether oxygens (including phenoxy) is 1. The fraction of sp³-hybridized carbons (Fsp3) is 0.343. The lowest BCUT2D eigenvalue weighted by molar-refractivity contribution is 0.0202. The molecule has 6 nitrogen and oxygen atoms in total. The lowest BCUT2D eigenvalue weighted by atomic mass is 10.0. The lowest BCUT2D eigenvalue weighted by Crippen LogP contribution is -2.68. The van der Waals surface area contributed by atoms with E-state index in [2.05, 4.69) is 125 Å². The number of fused-ring (bicyclic) bond motifs is 2. The van der Waals surface area contributed by atoms with Gasteiger partial charge in [-0.2, -0.15) is 0 Å². The molecule has 0 bridgehead atoms. The zero-order valence-corrected chi connectivity index (χ0v) is 26.6. The van der Waals surface area contributed by atoms with Gasteiger partial charge >= 0.3 is 0 Å². The molecule has 2 aromatic heterocycles. The Hall–Kier alpha value is -3.36. The fourth-order valence-corrected chi connectivity index (χ4v) is 12.4. The second kappa shape index (κ2) is 11.0. The highest BCUT2D eigenvalue weighted by Crippen LogP contribution is 2.69. The van der Waals surface area contributed by atoms with Crippen molar-refractivity contribution in [2.75, 3.05) is 6.61 Å². The molecule has 4 atom stereocenters. The molecule has 0 unspecified atom stereocenters. The minimum absolute atomic E-state index is 0.000614. The maximum absolute atomic E-state index is 7.83. The fourth-order valence-electron chi connectivity index (χ4n) is 7.49. The van der Waals surface area contributed by atoms with Gasteiger partial charge < -0.3 is 13.7 Å². The highest BCUT2D eigenvalue weighted by Gasteiger charge is 2.70. The number of hydrogen-bond donors (Lipinski definition) is 0. The van der Waals surface area contributed by atoms with Crippen LogP contribution >= 0.6 is 11.6 Å². The number of imidazole rings is 1. The molecule has 0 saturated heterocycles. The molecule has 7 rings (SSSR count). The first-order valence-corrected chi connectivity index (χ1v) is 17.4. The normalized spacial score (nSPS) is 23.4. The van der Waals surface area contributed by atoms with Crippen molar-refractivity contribution in [3.05, 3.63) is 114 Å². The van der Waals surface area contributed by atoms with Crippen LogP contribution in [-0.4, -0.2) is 40.5 Å². The van der Waals surface area contributed by atoms with Crippen LogP contribution < -0.4 is 10.4 Å². The maximum atomic E-state index is 7.83. The Bertz CT molecular complexity index is 1670. The Morgan fingerprint density at radius 1 is 0.884 bits per heavy atom. The molecule has 2 heterocycles. The average Bonchev–Trinajstić information content (AvgIpc) is 3.44. The summed E-state index contributed by atoms with van der Waals surface area (Å²) >= 11 is 6.41. The molecule has 3 aromatic carbocycles. The Morgan fingerprint density at radius 3 is 2.14 bits per heavy atom. The van der Waals surface area contributed by atoms with E-state index in [0.717, 1.165) is 18.5 Å². The number of rotatable bonds is 9. The third kappa shape index (κ3) is 4.83. The molecule has 5 aromatic rings. The molecule has 0 N–H and O–H groups in total. The van der Waals surface area contributed by atoms with Crippen molar-refractivity contribution in [2.24, 2.45) is 11.3 Å². The molecule has 2 fully saturated rings. The van der Waals surface area contributed by atoms with Crippen LogP contribution in [0.4, 0.5) is 0 Å². The Labute approximate surface area is 259 Å². The van der Waals surface area contributed by atoms with Crippen LogP contribution in [0.2, 0.25) is 10.2 Å². The van der Waals surface area contributed by atoms with E-state index in [4.69, 9.17) is 20.8 Å². The molecule has 0 amide bonds. The van der Waals surface area contributed by atoms with Crippen LogP contribution in [0.15, 0.2) is 104 Å². The summed E-state index contributed by atoms with van der Waals surface area (Å²) in [6, 6.07) is 32.4. The summed E-state index contributed by atoms with van der Waals surface area (Å²) in [6.07, 6.45) is 5.30. The van der Waals surface area contributed by atoms with Gasteiger partial charge in [0.15, 0.2) is 10.8 Å². The topological polar surface area (TPSA) is 62.1 Å². The standard InChI is InChI=1S/C35H37ClN4O2Si/c1-34(2,3)43(26-15-9-5-10-16-26,27-17-11-6-12-18-27)42-30-19-29(40-24-39-31-32(36)37-23-38-33(31)40)28-20-35(28,30)22-41-21-25-13-7-4-8-14-25/h4-18,23-24,28-30H,19-22H2,1-3H3/t28-,29+,30+,35+/m1/s1. The Balaban J connectivity index is 1.30. The largest absolute Gasteiger partial charge is 0.404 e. The smallest absolute Gasteiger partial charge is 0.261 e. The zero-order valence-electron chi connectivity index (χ0n) is 24.9. The van der Waals surface area contributed by atoms with Gasteiger partial charge in [-0.1, -0.05) is 123 Å². The summed E-state index contributed by atoms with van der Waals surface area (Å²) in [5, 5.41) is 2.85. The van der Waals surface area contributed by atoms with E-state index in [1.54, 1.807) is 0 Å². The van der Waals surface area contributed by atoms with Crippen molar-refractivity contribution >= 4 is 41.5 Å². The van der Waals surface area contributed by atoms with Crippen LogP contribution in [0, 0.1) is 11.3 Å². The first kappa shape index (κ1) is 28.4. The zero-order chi connectivity index (χ0) is 29.7. The maximum Gasteiger partial charge on any atom is 0.261 e. The van der Waals surface area contributed by atoms with E-state index >= 15 is 0 Å². The highest BCUT2D eigenvalue weighted by molar-refractivity contribution is 6.99. The third-order valence-corrected chi connectivity index (χ3v) is 14.9. The Morgan fingerprint density at radius 2 is 1.51 bits per heavy atom. The number of nitrogens with zero attached hydrogens (tertiary/aromatic N) is 4. The van der Waals surface area contributed by atoms with Crippen LogP contribution in [0.3, 0.4) is 0 Å². The summed E-state index contributed by atoms with van der Waals surface area (Å²) in [5.74, 6) is 0.387. The quantitative estimate of drug-likeness (QED) is 0.139. The molecule has 0 radical (unpaired) electrons. The number of benzene rings is 3. The van der Waals surface area contributed by atoms with Gasteiger partial charge in [0.2, 0.25) is 0 Å². The van der Waals surface area contributed by atoms with Crippen molar-refractivity contribution < 1.29 is 9.16 Å². The number of hydrogen-bond acceptors (Lipinski definition) is 5. The molecular formula is C35H37ClN4O2Si. The molecule has 2 aliphatic carbocycles. The molecule has 43 heavy (non-hydrogen) atoms. The summed E-state index contributed by atoms with van der Waals surface area (Å²) in [6.45, 7) is 8.27. The van der Waals surface area contributed by atoms with Crippen molar-refractivity contribution in [1.29, 1.82) is 0 Å². The second-order valence-electron chi connectivity index (χ2n) is 13.1. The average molecular weight is 609 g/mol. The monoisotopic (exact) mass is 608 g/mol. The van der Waals surface area contributed by atoms with Crippen molar-refractivity contribution in [3.8, 4) is 0 Å². The third-order valence-electron chi connectivity index (χ3n) is 9.63. The summed E-state index contributed by atoms with van der Waals surface area (Å²) in [7, 11) is -2.78. The van der Waals surface area contributed by atoms with Gasteiger partial charge in [-0.3, -0.25) is 0 Å². The van der Waals surface area contributed by atoms with E-state index in [-0.39, 0.29) is 22.6 Å². The molecule has 220 valence electrons. The molecule has 2 aliphatic rings. The molecule has 8 heteroatoms. The van der Waals surface area contributed by atoms with E-state index < -0.39 is 8.32 Å². The van der Waals surface area contributed by atoms with E-state index in [1.807, 2.05) is 12.4 Å². The summed E-state index contributed by atoms with van der Waals surface area (Å²) in [5.41, 5.74) is 2.51. The van der Waals surface area contributed by atoms with E-state index in [1.165, 1.54) is 22.3 Å². The van der Waals surface area contributed by atoms with Gasteiger partial charge in [0, 0.05) is 11.5 Å². The van der Waals surface area contributed by atoms with Gasteiger partial charge in [-0.05, 0) is 39.7 Å². The van der Waals surface area contributed by atoms with Gasteiger partial charge in [0.05, 0.1) is 25.6 Å². The SMILES string of the molecule is CC(C)(C)[Si](O[C@H]1C[C@H](n2cnc3c(Cl)ncnc32)[C@H]2C[C@@]12COCc1ccccc1)(c1ccccc1)c1ccccc1. The summed E-state index contributed by atoms with van der Waals surface area (Å²) < 4.78 is 16.6. The number of aromatic nitrogens is 4. The van der Waals surface area contributed by atoms with Gasteiger partial charge in [0.1, 0.15) is 11.8 Å². The van der Waals surface area contributed by atoms with E-state index in [0.29, 0.717) is 29.8 Å². The molecular weight excluding hydrogens is 572 g/mol. The number of halogens is 1. The minimum Gasteiger partial charge on any atom is -0.404 e. The highest BCUT2D eigenvalue weighted by atomic mass is 35.5. The molecule has 0 spiro atoms. The molecule has 0 aliphatic heterocycles. The van der Waals surface area contributed by atoms with Crippen LogP contribution in [0.5, 0.6) is 0 Å². The van der Waals surface area contributed by atoms with Gasteiger partial charge in [-0.15, -0.1) is 0 Å². The van der Waals surface area contributed by atoms with Crippen LogP contribution in [0.1, 0.15) is 45.2 Å². The lowest BCUT2D eigenvalue weighted by Gasteiger charge is -2.46. The van der Waals surface area contributed by atoms with Gasteiger partial charge in [-0.25, -0.2) is 15.0 Å². The van der Waals surface area contributed by atoms with Crippen LogP contribution in [0.25, 0.3) is 11.2 Å². The predicted molar refractivity (Wildman–Crippen MR) is 173 cm³/mol.